The smallest absolute Gasteiger partial charge is 0.232 e. The Morgan fingerprint density at radius 2 is 2.17 bits per heavy atom. The van der Waals surface area contributed by atoms with Crippen LogP contribution in [0.1, 0.15) is 25.8 Å². The van der Waals surface area contributed by atoms with Crippen LogP contribution in [0.2, 0.25) is 5.02 Å². The molecule has 1 heterocycles. The predicted molar refractivity (Wildman–Crippen MR) is 73.2 cm³/mol. The maximum Gasteiger partial charge on any atom is 0.232 e. The summed E-state index contributed by atoms with van der Waals surface area (Å²) in [5.41, 5.74) is 0.838. The summed E-state index contributed by atoms with van der Waals surface area (Å²) < 4.78 is 10.9. The molecule has 1 rings (SSSR count). The van der Waals surface area contributed by atoms with Gasteiger partial charge >= 0.3 is 0 Å². The average molecular weight is 273 g/mol. The quantitative estimate of drug-likeness (QED) is 0.829. The number of aromatic nitrogens is 1. The molecule has 5 heteroatoms. The van der Waals surface area contributed by atoms with Crippen molar-refractivity contribution in [3.05, 3.63) is 22.8 Å². The Kier molecular flexibility index (Phi) is 5.85. The lowest BCUT2D eigenvalue weighted by atomic mass is 10.1. The van der Waals surface area contributed by atoms with E-state index in [1.807, 2.05) is 27.0 Å². The van der Waals surface area contributed by atoms with Gasteiger partial charge in [-0.3, -0.25) is 0 Å². The first-order valence-electron chi connectivity index (χ1n) is 5.95. The van der Waals surface area contributed by atoms with E-state index >= 15 is 0 Å². The molecule has 0 saturated carbocycles. The van der Waals surface area contributed by atoms with Crippen LogP contribution in [0, 0.1) is 0 Å². The molecule has 1 N–H and O–H groups in total. The van der Waals surface area contributed by atoms with Crippen LogP contribution in [0.5, 0.6) is 5.88 Å². The van der Waals surface area contributed by atoms with Crippen LogP contribution < -0.4 is 10.1 Å². The van der Waals surface area contributed by atoms with Crippen molar-refractivity contribution in [2.75, 3.05) is 20.8 Å². The molecule has 0 unspecified atom stereocenters. The van der Waals surface area contributed by atoms with Gasteiger partial charge < -0.3 is 14.8 Å². The Hall–Kier alpha value is -0.840. The van der Waals surface area contributed by atoms with Crippen molar-refractivity contribution in [2.45, 2.75) is 32.4 Å². The first-order chi connectivity index (χ1) is 8.48. The van der Waals surface area contributed by atoms with Gasteiger partial charge in [-0.2, -0.15) is 0 Å². The van der Waals surface area contributed by atoms with E-state index in [1.54, 1.807) is 13.3 Å². The highest BCUT2D eigenvalue weighted by atomic mass is 35.5. The van der Waals surface area contributed by atoms with Crippen LogP contribution in [0.25, 0.3) is 0 Å². The molecule has 0 aliphatic carbocycles. The van der Waals surface area contributed by atoms with Gasteiger partial charge in [0.25, 0.3) is 0 Å². The summed E-state index contributed by atoms with van der Waals surface area (Å²) in [7, 11) is 3.57. The standard InChI is InChI=1S/C13H21ClN2O2/c1-13(2,17-4)5-6-18-12-11(14)7-10(8-15-3)9-16-12/h7,9,15H,5-6,8H2,1-4H3. The van der Waals surface area contributed by atoms with E-state index < -0.39 is 0 Å². The van der Waals surface area contributed by atoms with Gasteiger partial charge in [-0.05, 0) is 32.5 Å². The fourth-order valence-electron chi connectivity index (χ4n) is 1.37. The zero-order chi connectivity index (χ0) is 13.6. The lowest BCUT2D eigenvalue weighted by Crippen LogP contribution is -2.25. The number of hydrogen-bond donors (Lipinski definition) is 1. The number of halogens is 1. The summed E-state index contributed by atoms with van der Waals surface area (Å²) >= 11 is 6.10. The van der Waals surface area contributed by atoms with Gasteiger partial charge in [0, 0.05) is 26.3 Å². The van der Waals surface area contributed by atoms with Gasteiger partial charge in [0.1, 0.15) is 5.02 Å². The van der Waals surface area contributed by atoms with Gasteiger partial charge in [0.15, 0.2) is 0 Å². The molecule has 18 heavy (non-hydrogen) atoms. The topological polar surface area (TPSA) is 43.4 Å². The highest BCUT2D eigenvalue weighted by Crippen LogP contribution is 2.23. The Balaban J connectivity index is 2.53. The average Bonchev–Trinajstić information content (AvgIpc) is 2.32. The number of methoxy groups -OCH3 is 1. The van der Waals surface area contributed by atoms with Crippen molar-refractivity contribution in [2.24, 2.45) is 0 Å². The van der Waals surface area contributed by atoms with Gasteiger partial charge in [-0.15, -0.1) is 0 Å². The monoisotopic (exact) mass is 272 g/mol. The van der Waals surface area contributed by atoms with E-state index in [1.165, 1.54) is 0 Å². The Bertz CT molecular complexity index is 383. The van der Waals surface area contributed by atoms with Crippen LogP contribution in [0.4, 0.5) is 0 Å². The fraction of sp³-hybridized carbons (Fsp3) is 0.615. The predicted octanol–water partition coefficient (Wildman–Crippen LogP) is 2.65. The number of nitrogens with one attached hydrogen (secondary N) is 1. The minimum absolute atomic E-state index is 0.196. The second-order valence-corrected chi connectivity index (χ2v) is 5.13. The molecule has 0 aliphatic rings. The number of ether oxygens (including phenoxy) is 2. The van der Waals surface area contributed by atoms with Gasteiger partial charge in [0.2, 0.25) is 5.88 Å². The first-order valence-corrected chi connectivity index (χ1v) is 6.33. The molecular formula is C13H21ClN2O2. The molecular weight excluding hydrogens is 252 g/mol. The second kappa shape index (κ2) is 6.92. The van der Waals surface area contributed by atoms with Crippen LogP contribution in [-0.2, 0) is 11.3 Å². The number of pyridine rings is 1. The molecule has 0 spiro atoms. The van der Waals surface area contributed by atoms with Crippen molar-refractivity contribution < 1.29 is 9.47 Å². The minimum atomic E-state index is -0.196. The molecule has 1 aromatic rings. The zero-order valence-electron chi connectivity index (χ0n) is 11.4. The van der Waals surface area contributed by atoms with E-state index in [0.29, 0.717) is 17.5 Å². The maximum absolute atomic E-state index is 6.10. The van der Waals surface area contributed by atoms with Crippen LogP contribution in [0.3, 0.4) is 0 Å². The zero-order valence-corrected chi connectivity index (χ0v) is 12.2. The lowest BCUT2D eigenvalue weighted by molar-refractivity contribution is 0.00509. The third-order valence-electron chi connectivity index (χ3n) is 2.74. The molecule has 0 radical (unpaired) electrons. The highest BCUT2D eigenvalue weighted by Gasteiger charge is 2.16. The Morgan fingerprint density at radius 3 is 2.72 bits per heavy atom. The third kappa shape index (κ3) is 4.80. The molecule has 0 aromatic carbocycles. The van der Waals surface area contributed by atoms with Crippen molar-refractivity contribution in [3.8, 4) is 5.88 Å². The largest absolute Gasteiger partial charge is 0.476 e. The maximum atomic E-state index is 6.10. The lowest BCUT2D eigenvalue weighted by Gasteiger charge is -2.22. The number of hydrogen-bond acceptors (Lipinski definition) is 4. The summed E-state index contributed by atoms with van der Waals surface area (Å²) in [6.45, 7) is 5.30. The summed E-state index contributed by atoms with van der Waals surface area (Å²) in [5, 5.41) is 3.59. The van der Waals surface area contributed by atoms with Crippen LogP contribution in [0.15, 0.2) is 12.3 Å². The van der Waals surface area contributed by atoms with Crippen molar-refractivity contribution >= 4 is 11.6 Å². The van der Waals surface area contributed by atoms with Gasteiger partial charge in [0.05, 0.1) is 12.2 Å². The van der Waals surface area contributed by atoms with E-state index in [9.17, 15) is 0 Å². The molecule has 0 aliphatic heterocycles. The van der Waals surface area contributed by atoms with Crippen molar-refractivity contribution in [3.63, 3.8) is 0 Å². The van der Waals surface area contributed by atoms with E-state index in [2.05, 4.69) is 10.3 Å². The summed E-state index contributed by atoms with van der Waals surface area (Å²) in [6.07, 6.45) is 2.54. The van der Waals surface area contributed by atoms with E-state index in [0.717, 1.165) is 18.5 Å². The first kappa shape index (κ1) is 15.2. The number of rotatable bonds is 7. The van der Waals surface area contributed by atoms with E-state index in [-0.39, 0.29) is 5.60 Å². The fourth-order valence-corrected chi connectivity index (χ4v) is 1.61. The van der Waals surface area contributed by atoms with Gasteiger partial charge in [-0.1, -0.05) is 11.6 Å². The molecule has 0 amide bonds. The van der Waals surface area contributed by atoms with Crippen molar-refractivity contribution in [1.29, 1.82) is 0 Å². The third-order valence-corrected chi connectivity index (χ3v) is 3.01. The Morgan fingerprint density at radius 1 is 1.44 bits per heavy atom. The van der Waals surface area contributed by atoms with Crippen molar-refractivity contribution in [1.82, 2.24) is 10.3 Å². The number of nitrogens with zero attached hydrogens (tertiary/aromatic N) is 1. The van der Waals surface area contributed by atoms with Gasteiger partial charge in [-0.25, -0.2) is 4.98 Å². The molecule has 0 saturated heterocycles. The molecule has 4 nitrogen and oxygen atoms in total. The van der Waals surface area contributed by atoms with E-state index in [4.69, 9.17) is 21.1 Å². The summed E-state index contributed by atoms with van der Waals surface area (Å²) in [5.74, 6) is 0.475. The molecule has 1 aromatic heterocycles. The second-order valence-electron chi connectivity index (χ2n) is 4.72. The minimum Gasteiger partial charge on any atom is -0.476 e. The SMILES string of the molecule is CNCc1cnc(OCCC(C)(C)OC)c(Cl)c1. The summed E-state index contributed by atoms with van der Waals surface area (Å²) in [4.78, 5) is 4.21. The Labute approximate surface area is 114 Å². The molecule has 0 atom stereocenters. The normalized spacial score (nSPS) is 11.6. The van der Waals surface area contributed by atoms with Crippen LogP contribution in [-0.4, -0.2) is 31.3 Å². The molecule has 0 fully saturated rings. The van der Waals surface area contributed by atoms with Crippen LogP contribution >= 0.6 is 11.6 Å². The molecule has 102 valence electrons. The molecule has 0 bridgehead atoms. The highest BCUT2D eigenvalue weighted by molar-refractivity contribution is 6.31. The summed E-state index contributed by atoms with van der Waals surface area (Å²) in [6, 6.07) is 1.86.